The van der Waals surface area contributed by atoms with E-state index in [2.05, 4.69) is 17.6 Å². The molecule has 24 heavy (non-hydrogen) atoms. The van der Waals surface area contributed by atoms with E-state index < -0.39 is 12.1 Å². The molecule has 2 aromatic rings. The summed E-state index contributed by atoms with van der Waals surface area (Å²) in [5.74, 6) is 0.0924. The van der Waals surface area contributed by atoms with Crippen molar-refractivity contribution < 1.29 is 9.59 Å². The smallest absolute Gasteiger partial charge is 0.312 e. The van der Waals surface area contributed by atoms with E-state index in [4.69, 9.17) is 5.73 Å². The second-order valence-corrected chi connectivity index (χ2v) is 5.79. The molecule has 0 bridgehead atoms. The fourth-order valence-electron chi connectivity index (χ4n) is 2.53. The number of benzene rings is 2. The molecule has 0 radical (unpaired) electrons. The van der Waals surface area contributed by atoms with Crippen molar-refractivity contribution in [2.24, 2.45) is 5.73 Å². The molecule has 0 heterocycles. The van der Waals surface area contributed by atoms with E-state index in [0.717, 1.165) is 5.56 Å². The average molecular weight is 325 g/mol. The molecule has 0 fully saturated rings. The molecular formula is C19H23N3O2. The predicted molar refractivity (Wildman–Crippen MR) is 94.4 cm³/mol. The Morgan fingerprint density at radius 2 is 1.50 bits per heavy atom. The lowest BCUT2D eigenvalue weighted by atomic mass is 10.0. The molecule has 0 saturated heterocycles. The van der Waals surface area contributed by atoms with Gasteiger partial charge in [0.1, 0.15) is 0 Å². The fourth-order valence-corrected chi connectivity index (χ4v) is 2.53. The third kappa shape index (κ3) is 5.43. The van der Waals surface area contributed by atoms with Gasteiger partial charge in [-0.3, -0.25) is 4.79 Å². The summed E-state index contributed by atoms with van der Waals surface area (Å²) in [5, 5.41) is 5.55. The molecule has 2 aromatic carbocycles. The van der Waals surface area contributed by atoms with Crippen molar-refractivity contribution in [3.05, 3.63) is 71.8 Å². The van der Waals surface area contributed by atoms with Crippen LogP contribution in [0.3, 0.4) is 0 Å². The molecule has 0 spiro atoms. The lowest BCUT2D eigenvalue weighted by molar-refractivity contribution is -0.121. The summed E-state index contributed by atoms with van der Waals surface area (Å²) in [6, 6.07) is 18.3. The van der Waals surface area contributed by atoms with Crippen molar-refractivity contribution in [3.8, 4) is 0 Å². The van der Waals surface area contributed by atoms with Gasteiger partial charge in [0.25, 0.3) is 0 Å². The van der Waals surface area contributed by atoms with Gasteiger partial charge in [-0.25, -0.2) is 4.79 Å². The molecule has 0 saturated carbocycles. The molecule has 5 heteroatoms. The molecule has 0 aliphatic rings. The van der Waals surface area contributed by atoms with Gasteiger partial charge >= 0.3 is 6.03 Å². The highest BCUT2D eigenvalue weighted by Gasteiger charge is 2.17. The summed E-state index contributed by atoms with van der Waals surface area (Å²) in [5.41, 5.74) is 7.25. The number of urea groups is 1. The van der Waals surface area contributed by atoms with Gasteiger partial charge in [0.2, 0.25) is 5.91 Å². The van der Waals surface area contributed by atoms with Crippen LogP contribution >= 0.6 is 0 Å². The van der Waals surface area contributed by atoms with Crippen molar-refractivity contribution in [1.29, 1.82) is 0 Å². The van der Waals surface area contributed by atoms with Crippen molar-refractivity contribution in [3.63, 3.8) is 0 Å². The van der Waals surface area contributed by atoms with Crippen LogP contribution in [0.1, 0.15) is 36.4 Å². The number of carbonyl (C=O) groups is 2. The van der Waals surface area contributed by atoms with Gasteiger partial charge in [-0.15, -0.1) is 0 Å². The van der Waals surface area contributed by atoms with Crippen LogP contribution in [0, 0.1) is 0 Å². The van der Waals surface area contributed by atoms with E-state index in [1.807, 2.05) is 60.7 Å². The van der Waals surface area contributed by atoms with E-state index in [1.165, 1.54) is 5.56 Å². The molecule has 0 aliphatic heterocycles. The van der Waals surface area contributed by atoms with Gasteiger partial charge in [0, 0.05) is 6.54 Å². The maximum absolute atomic E-state index is 12.2. The Labute approximate surface area is 142 Å². The second-order valence-electron chi connectivity index (χ2n) is 5.79. The van der Waals surface area contributed by atoms with Crippen LogP contribution in [0.5, 0.6) is 0 Å². The number of hydrogen-bond donors (Lipinski definition) is 3. The topological polar surface area (TPSA) is 84.2 Å². The number of nitrogens with two attached hydrogens (primary N) is 1. The van der Waals surface area contributed by atoms with Crippen molar-refractivity contribution in [2.75, 3.05) is 6.54 Å². The van der Waals surface area contributed by atoms with Crippen LogP contribution in [-0.4, -0.2) is 18.5 Å². The van der Waals surface area contributed by atoms with E-state index in [9.17, 15) is 9.59 Å². The highest BCUT2D eigenvalue weighted by molar-refractivity contribution is 5.78. The van der Waals surface area contributed by atoms with E-state index >= 15 is 0 Å². The first-order valence-electron chi connectivity index (χ1n) is 7.99. The normalized spacial score (nSPS) is 12.9. The van der Waals surface area contributed by atoms with E-state index in [0.29, 0.717) is 6.54 Å². The maximum Gasteiger partial charge on any atom is 0.312 e. The number of nitrogens with one attached hydrogen (secondary N) is 2. The minimum atomic E-state index is -0.644. The molecule has 2 atom stereocenters. The lowest BCUT2D eigenvalue weighted by Gasteiger charge is -2.19. The summed E-state index contributed by atoms with van der Waals surface area (Å²) >= 11 is 0. The number of primary amides is 1. The van der Waals surface area contributed by atoms with Crippen molar-refractivity contribution in [2.45, 2.75) is 25.3 Å². The molecule has 0 aliphatic carbocycles. The monoisotopic (exact) mass is 325 g/mol. The third-order valence-corrected chi connectivity index (χ3v) is 3.88. The number of rotatable bonds is 7. The highest BCUT2D eigenvalue weighted by atomic mass is 16.2. The highest BCUT2D eigenvalue weighted by Crippen LogP contribution is 2.17. The van der Waals surface area contributed by atoms with Crippen LogP contribution in [0.4, 0.5) is 4.79 Å². The molecule has 2 unspecified atom stereocenters. The van der Waals surface area contributed by atoms with Gasteiger partial charge < -0.3 is 16.4 Å². The van der Waals surface area contributed by atoms with Gasteiger partial charge in [-0.05, 0) is 17.0 Å². The molecular weight excluding hydrogens is 302 g/mol. The quantitative estimate of drug-likeness (QED) is 0.731. The third-order valence-electron chi connectivity index (χ3n) is 3.88. The average Bonchev–Trinajstić information content (AvgIpc) is 2.60. The van der Waals surface area contributed by atoms with Crippen LogP contribution in [0.15, 0.2) is 60.7 Å². The number of hydrogen-bond acceptors (Lipinski definition) is 2. The Balaban J connectivity index is 1.92. The van der Waals surface area contributed by atoms with Crippen LogP contribution < -0.4 is 16.4 Å². The molecule has 4 N–H and O–H groups in total. The Morgan fingerprint density at radius 3 is 2.04 bits per heavy atom. The summed E-state index contributed by atoms with van der Waals surface area (Å²) < 4.78 is 0. The molecule has 2 rings (SSSR count). The van der Waals surface area contributed by atoms with E-state index in [1.54, 1.807) is 0 Å². The van der Waals surface area contributed by atoms with Gasteiger partial charge in [-0.2, -0.15) is 0 Å². The molecule has 3 amide bonds. The first kappa shape index (κ1) is 17.5. The molecule has 5 nitrogen and oxygen atoms in total. The molecule has 126 valence electrons. The Bertz CT molecular complexity index is 659. The first-order valence-corrected chi connectivity index (χ1v) is 7.99. The number of amides is 3. The van der Waals surface area contributed by atoms with E-state index in [-0.39, 0.29) is 18.2 Å². The Morgan fingerprint density at radius 1 is 0.958 bits per heavy atom. The van der Waals surface area contributed by atoms with Gasteiger partial charge in [0.15, 0.2) is 0 Å². The summed E-state index contributed by atoms with van der Waals surface area (Å²) in [7, 11) is 0. The lowest BCUT2D eigenvalue weighted by Crippen LogP contribution is -2.37. The minimum Gasteiger partial charge on any atom is -0.355 e. The molecule has 0 aromatic heterocycles. The zero-order chi connectivity index (χ0) is 17.4. The van der Waals surface area contributed by atoms with Gasteiger partial charge in [-0.1, -0.05) is 67.6 Å². The van der Waals surface area contributed by atoms with Crippen LogP contribution in [0.2, 0.25) is 0 Å². The minimum absolute atomic E-state index is 0.125. The van der Waals surface area contributed by atoms with Crippen molar-refractivity contribution in [1.82, 2.24) is 10.6 Å². The van der Waals surface area contributed by atoms with Crippen LogP contribution in [-0.2, 0) is 4.79 Å². The largest absolute Gasteiger partial charge is 0.355 e. The predicted octanol–water partition coefficient (Wildman–Crippen LogP) is 2.71. The maximum atomic E-state index is 12.2. The van der Waals surface area contributed by atoms with Crippen LogP contribution in [0.25, 0.3) is 0 Å². The fraction of sp³-hybridized carbons (Fsp3) is 0.263. The zero-order valence-electron chi connectivity index (χ0n) is 13.7. The summed E-state index contributed by atoms with van der Waals surface area (Å²) in [4.78, 5) is 23.4. The Hall–Kier alpha value is -2.82. The second kappa shape index (κ2) is 8.72. The Kier molecular flexibility index (Phi) is 6.37. The SMILES string of the molecule is CC(CNC(=O)CC(NC(N)=O)c1ccccc1)c1ccccc1. The van der Waals surface area contributed by atoms with Gasteiger partial charge in [0.05, 0.1) is 12.5 Å². The zero-order valence-corrected chi connectivity index (χ0v) is 13.7. The summed E-state index contributed by atoms with van der Waals surface area (Å²) in [6.07, 6.45) is 0.147. The van der Waals surface area contributed by atoms with Crippen molar-refractivity contribution >= 4 is 11.9 Å². The number of carbonyl (C=O) groups excluding carboxylic acids is 2. The summed E-state index contributed by atoms with van der Waals surface area (Å²) in [6.45, 7) is 2.60. The first-order chi connectivity index (χ1) is 11.6. The standard InChI is InChI=1S/C19H23N3O2/c1-14(15-8-4-2-5-9-15)13-21-18(23)12-17(22-19(20)24)16-10-6-3-7-11-16/h2-11,14,17H,12-13H2,1H3,(H,21,23)(H3,20,22,24).